The third-order valence-corrected chi connectivity index (χ3v) is 8.52. The molecule has 0 atom stereocenters. The fraction of sp³-hybridized carbons (Fsp3) is 0.417. The van der Waals surface area contributed by atoms with Crippen molar-refractivity contribution in [2.24, 2.45) is 4.99 Å². The molecule has 6 nitrogen and oxygen atoms in total. The summed E-state index contributed by atoms with van der Waals surface area (Å²) in [5, 5.41) is 0. The third kappa shape index (κ3) is 4.72. The quantitative estimate of drug-likeness (QED) is 0.468. The van der Waals surface area contributed by atoms with Crippen molar-refractivity contribution in [1.82, 2.24) is 8.87 Å². The van der Waals surface area contributed by atoms with E-state index in [0.29, 0.717) is 30.0 Å². The molecule has 0 unspecified atom stereocenters. The molecule has 0 spiro atoms. The highest BCUT2D eigenvalue weighted by Gasteiger charge is 2.23. The van der Waals surface area contributed by atoms with Gasteiger partial charge < -0.3 is 4.57 Å². The molecular weight excluding hydrogens is 442 g/mol. The number of thiazole rings is 1. The predicted molar refractivity (Wildman–Crippen MR) is 131 cm³/mol. The number of carbonyl (C=O) groups is 1. The highest BCUT2D eigenvalue weighted by atomic mass is 32.2. The van der Waals surface area contributed by atoms with Crippen molar-refractivity contribution < 1.29 is 13.2 Å². The van der Waals surface area contributed by atoms with Gasteiger partial charge in [-0.25, -0.2) is 8.42 Å². The van der Waals surface area contributed by atoms with Crippen molar-refractivity contribution in [3.05, 3.63) is 57.9 Å². The van der Waals surface area contributed by atoms with Crippen LogP contribution >= 0.6 is 11.3 Å². The fourth-order valence-electron chi connectivity index (χ4n) is 3.74. The van der Waals surface area contributed by atoms with Crippen LogP contribution in [0.3, 0.4) is 0 Å². The van der Waals surface area contributed by atoms with Gasteiger partial charge in [-0.3, -0.25) is 4.79 Å². The second-order valence-electron chi connectivity index (χ2n) is 7.83. The van der Waals surface area contributed by atoms with Gasteiger partial charge in [0.15, 0.2) is 4.80 Å². The van der Waals surface area contributed by atoms with E-state index >= 15 is 0 Å². The van der Waals surface area contributed by atoms with E-state index < -0.39 is 10.0 Å². The van der Waals surface area contributed by atoms with E-state index in [9.17, 15) is 13.2 Å². The molecule has 8 heteroatoms. The summed E-state index contributed by atoms with van der Waals surface area (Å²) in [6.45, 7) is 11.8. The molecule has 0 fully saturated rings. The zero-order valence-electron chi connectivity index (χ0n) is 19.4. The van der Waals surface area contributed by atoms with Gasteiger partial charge in [0.2, 0.25) is 10.0 Å². The Bertz CT molecular complexity index is 1280. The van der Waals surface area contributed by atoms with Crippen molar-refractivity contribution >= 4 is 37.5 Å². The minimum atomic E-state index is -3.57. The number of sulfonamides is 1. The predicted octanol–water partition coefficient (Wildman–Crippen LogP) is 4.89. The molecule has 3 aromatic rings. The summed E-state index contributed by atoms with van der Waals surface area (Å²) in [5.41, 5.74) is 3.87. The van der Waals surface area contributed by atoms with Crippen LogP contribution < -0.4 is 4.80 Å². The molecule has 0 N–H and O–H groups in total. The lowest BCUT2D eigenvalue weighted by atomic mass is 10.1. The van der Waals surface area contributed by atoms with Crippen LogP contribution in [0.1, 0.15) is 55.1 Å². The van der Waals surface area contributed by atoms with E-state index in [1.165, 1.54) is 38.9 Å². The fourth-order valence-corrected chi connectivity index (χ4v) is 6.52. The van der Waals surface area contributed by atoms with Gasteiger partial charge in [0, 0.05) is 25.2 Å². The van der Waals surface area contributed by atoms with Gasteiger partial charge in [0.05, 0.1) is 15.1 Å². The number of carbonyl (C=O) groups excluding carboxylic acids is 1. The number of aryl methyl sites for hydroxylation is 3. The number of hydrogen-bond acceptors (Lipinski definition) is 4. The first-order chi connectivity index (χ1) is 15.2. The van der Waals surface area contributed by atoms with Crippen LogP contribution in [0.4, 0.5) is 0 Å². The summed E-state index contributed by atoms with van der Waals surface area (Å²) < 4.78 is 30.5. The molecule has 32 heavy (non-hydrogen) atoms. The van der Waals surface area contributed by atoms with Gasteiger partial charge in [-0.1, -0.05) is 31.3 Å². The Morgan fingerprint density at radius 2 is 1.62 bits per heavy atom. The molecule has 0 radical (unpaired) electrons. The van der Waals surface area contributed by atoms with Crippen molar-refractivity contribution in [3.8, 4) is 0 Å². The van der Waals surface area contributed by atoms with E-state index in [1.807, 2.05) is 20.8 Å². The van der Waals surface area contributed by atoms with Crippen molar-refractivity contribution in [2.75, 3.05) is 13.1 Å². The molecule has 1 aromatic heterocycles. The lowest BCUT2D eigenvalue weighted by Crippen LogP contribution is -2.32. The largest absolute Gasteiger partial charge is 0.316 e. The number of nitrogens with zero attached hydrogens (tertiary/aromatic N) is 3. The van der Waals surface area contributed by atoms with E-state index in [-0.39, 0.29) is 10.8 Å². The molecule has 0 saturated carbocycles. The average molecular weight is 474 g/mol. The number of hydrogen-bond donors (Lipinski definition) is 0. The maximum Gasteiger partial charge on any atom is 0.279 e. The molecule has 0 bridgehead atoms. The topological polar surface area (TPSA) is 71.7 Å². The van der Waals surface area contributed by atoms with Gasteiger partial charge in [-0.05, 0) is 75.1 Å². The number of rotatable bonds is 8. The van der Waals surface area contributed by atoms with Crippen LogP contribution in [0.15, 0.2) is 46.3 Å². The molecule has 1 amide bonds. The maximum absolute atomic E-state index is 12.9. The summed E-state index contributed by atoms with van der Waals surface area (Å²) in [6, 6.07) is 10.3. The molecule has 0 aliphatic rings. The second-order valence-corrected chi connectivity index (χ2v) is 10.8. The number of benzene rings is 2. The molecule has 0 aliphatic carbocycles. The van der Waals surface area contributed by atoms with Gasteiger partial charge in [-0.2, -0.15) is 9.30 Å². The SMILES string of the molecule is CCCN(CCC)S(=O)(=O)c1ccc(C(=O)N=c2sc3ccc(C)c(C)c3n2CC)cc1. The lowest BCUT2D eigenvalue weighted by Gasteiger charge is -2.21. The molecular formula is C24H31N3O3S2. The molecule has 172 valence electrons. The smallest absolute Gasteiger partial charge is 0.279 e. The summed E-state index contributed by atoms with van der Waals surface area (Å²) in [5.74, 6) is -0.379. The van der Waals surface area contributed by atoms with Gasteiger partial charge >= 0.3 is 0 Å². The van der Waals surface area contributed by atoms with E-state index in [4.69, 9.17) is 0 Å². The Balaban J connectivity index is 1.96. The zero-order valence-corrected chi connectivity index (χ0v) is 21.0. The second kappa shape index (κ2) is 10.1. The number of fused-ring (bicyclic) bond motifs is 1. The van der Waals surface area contributed by atoms with E-state index in [0.717, 1.165) is 23.1 Å². The van der Waals surface area contributed by atoms with Crippen molar-refractivity contribution in [2.45, 2.75) is 58.9 Å². The highest BCUT2D eigenvalue weighted by molar-refractivity contribution is 7.89. The Labute approximate surface area is 194 Å². The minimum absolute atomic E-state index is 0.201. The van der Waals surface area contributed by atoms with Gasteiger partial charge in [0.25, 0.3) is 5.91 Å². The summed E-state index contributed by atoms with van der Waals surface area (Å²) in [4.78, 5) is 18.1. The molecule has 3 rings (SSSR count). The van der Waals surface area contributed by atoms with Crippen LogP contribution in [-0.4, -0.2) is 36.3 Å². The Hall–Kier alpha value is -2.29. The summed E-state index contributed by atoms with van der Waals surface area (Å²) in [7, 11) is -3.57. The zero-order chi connectivity index (χ0) is 23.5. The maximum atomic E-state index is 12.9. The van der Waals surface area contributed by atoms with Crippen LogP contribution in [0.2, 0.25) is 0 Å². The summed E-state index contributed by atoms with van der Waals surface area (Å²) in [6.07, 6.45) is 1.50. The van der Waals surface area contributed by atoms with Gasteiger partial charge in [-0.15, -0.1) is 0 Å². The Kier molecular flexibility index (Phi) is 7.69. The van der Waals surface area contributed by atoms with Gasteiger partial charge in [0.1, 0.15) is 0 Å². The lowest BCUT2D eigenvalue weighted by molar-refractivity contribution is 0.0997. The van der Waals surface area contributed by atoms with Crippen LogP contribution in [0.25, 0.3) is 10.2 Å². The molecule has 1 heterocycles. The van der Waals surface area contributed by atoms with Crippen LogP contribution in [0, 0.1) is 13.8 Å². The first-order valence-electron chi connectivity index (χ1n) is 11.0. The van der Waals surface area contributed by atoms with Crippen molar-refractivity contribution in [3.63, 3.8) is 0 Å². The Morgan fingerprint density at radius 3 is 2.19 bits per heavy atom. The molecule has 0 saturated heterocycles. The highest BCUT2D eigenvalue weighted by Crippen LogP contribution is 2.24. The number of amides is 1. The molecule has 0 aliphatic heterocycles. The monoisotopic (exact) mass is 473 g/mol. The number of aromatic nitrogens is 1. The Morgan fingerprint density at radius 1 is 1.00 bits per heavy atom. The third-order valence-electron chi connectivity index (χ3n) is 5.57. The molecule has 2 aromatic carbocycles. The van der Waals surface area contributed by atoms with Crippen molar-refractivity contribution in [1.29, 1.82) is 0 Å². The summed E-state index contributed by atoms with van der Waals surface area (Å²) >= 11 is 1.49. The normalized spacial score (nSPS) is 12.8. The first kappa shape index (κ1) is 24.4. The van der Waals surface area contributed by atoms with Crippen LogP contribution in [-0.2, 0) is 16.6 Å². The average Bonchev–Trinajstić information content (AvgIpc) is 3.13. The standard InChI is InChI=1S/C24H31N3O3S2/c1-6-15-26(16-7-2)32(29,30)20-12-10-19(11-13-20)23(28)25-24-27(8-3)22-18(5)17(4)9-14-21(22)31-24/h9-14H,6-8,15-16H2,1-5H3. The first-order valence-corrected chi connectivity index (χ1v) is 13.3. The minimum Gasteiger partial charge on any atom is -0.316 e. The van der Waals surface area contributed by atoms with E-state index in [2.05, 4.69) is 35.5 Å². The van der Waals surface area contributed by atoms with Crippen LogP contribution in [0.5, 0.6) is 0 Å². The van der Waals surface area contributed by atoms with E-state index in [1.54, 1.807) is 12.1 Å².